The normalized spacial score (nSPS) is 11.3. The number of hydrogen-bond acceptors (Lipinski definition) is 4. The quantitative estimate of drug-likeness (QED) is 0.375. The third-order valence-electron chi connectivity index (χ3n) is 4.25. The van der Waals surface area contributed by atoms with Gasteiger partial charge in [0.25, 0.3) is 0 Å². The molecule has 0 spiro atoms. The minimum atomic E-state index is -0.358. The van der Waals surface area contributed by atoms with E-state index in [1.807, 2.05) is 49.4 Å². The van der Waals surface area contributed by atoms with Crippen molar-refractivity contribution < 1.29 is 14.3 Å². The van der Waals surface area contributed by atoms with Gasteiger partial charge in [-0.1, -0.05) is 29.8 Å². The minimum Gasteiger partial charge on any atom is -0.495 e. The Morgan fingerprint density at radius 1 is 0.903 bits per heavy atom. The Morgan fingerprint density at radius 2 is 1.55 bits per heavy atom. The van der Waals surface area contributed by atoms with E-state index in [1.54, 1.807) is 30.3 Å². The van der Waals surface area contributed by atoms with Crippen LogP contribution < -0.4 is 20.7 Å². The van der Waals surface area contributed by atoms with E-state index in [0.717, 1.165) is 4.90 Å². The molecule has 0 heterocycles. The number of carbonyl (C=O) groups excluding carboxylic acids is 2. The summed E-state index contributed by atoms with van der Waals surface area (Å²) in [5, 5.41) is 8.54. The third kappa shape index (κ3) is 6.67. The standard InChI is InChI=1S/C23H22ClN3O3S/c1-15(22(28)27-20-14-16(24)8-13-21(20)30-2)31-19-11-9-18(10-12-19)26-23(29)25-17-6-4-3-5-7-17/h3-15H,1-2H3,(H,27,28)(H2,25,26,29). The van der Waals surface area contributed by atoms with Crippen molar-refractivity contribution in [3.8, 4) is 5.75 Å². The second-order valence-electron chi connectivity index (χ2n) is 6.56. The van der Waals surface area contributed by atoms with E-state index >= 15 is 0 Å². The van der Waals surface area contributed by atoms with Crippen molar-refractivity contribution in [1.29, 1.82) is 0 Å². The number of urea groups is 1. The molecule has 0 aliphatic heterocycles. The van der Waals surface area contributed by atoms with Crippen molar-refractivity contribution in [2.45, 2.75) is 17.1 Å². The zero-order valence-electron chi connectivity index (χ0n) is 17.0. The molecule has 0 saturated carbocycles. The number of rotatable bonds is 7. The van der Waals surface area contributed by atoms with E-state index in [2.05, 4.69) is 16.0 Å². The summed E-state index contributed by atoms with van der Waals surface area (Å²) < 4.78 is 5.26. The molecule has 0 fully saturated rings. The van der Waals surface area contributed by atoms with Gasteiger partial charge in [-0.05, 0) is 61.5 Å². The zero-order valence-corrected chi connectivity index (χ0v) is 18.6. The Morgan fingerprint density at radius 3 is 2.19 bits per heavy atom. The summed E-state index contributed by atoms with van der Waals surface area (Å²) in [6, 6.07) is 21.2. The lowest BCUT2D eigenvalue weighted by Crippen LogP contribution is -2.22. The minimum absolute atomic E-state index is 0.171. The summed E-state index contributed by atoms with van der Waals surface area (Å²) in [6.07, 6.45) is 0. The van der Waals surface area contributed by atoms with Gasteiger partial charge in [-0.2, -0.15) is 0 Å². The van der Waals surface area contributed by atoms with Crippen molar-refractivity contribution in [1.82, 2.24) is 0 Å². The van der Waals surface area contributed by atoms with Crippen LogP contribution >= 0.6 is 23.4 Å². The molecule has 6 nitrogen and oxygen atoms in total. The van der Waals surface area contributed by atoms with Gasteiger partial charge in [0.1, 0.15) is 5.75 Å². The van der Waals surface area contributed by atoms with Gasteiger partial charge in [-0.3, -0.25) is 4.79 Å². The summed E-state index contributed by atoms with van der Waals surface area (Å²) in [6.45, 7) is 1.82. The number of carbonyl (C=O) groups is 2. The smallest absolute Gasteiger partial charge is 0.323 e. The Labute approximate surface area is 190 Å². The van der Waals surface area contributed by atoms with Crippen LogP contribution in [0.1, 0.15) is 6.92 Å². The van der Waals surface area contributed by atoms with E-state index in [1.165, 1.54) is 18.9 Å². The number of hydrogen-bond donors (Lipinski definition) is 3. The van der Waals surface area contributed by atoms with Gasteiger partial charge in [0, 0.05) is 21.3 Å². The first-order chi connectivity index (χ1) is 14.9. The number of benzene rings is 3. The number of anilines is 3. The molecule has 0 aromatic heterocycles. The molecule has 1 atom stereocenters. The van der Waals surface area contributed by atoms with Gasteiger partial charge in [0.05, 0.1) is 18.0 Å². The first kappa shape index (κ1) is 22.5. The maximum absolute atomic E-state index is 12.6. The highest BCUT2D eigenvalue weighted by atomic mass is 35.5. The summed E-state index contributed by atoms with van der Waals surface area (Å²) >= 11 is 7.42. The molecule has 3 aromatic rings. The van der Waals surface area contributed by atoms with Crippen LogP contribution in [-0.2, 0) is 4.79 Å². The fraction of sp³-hybridized carbons (Fsp3) is 0.130. The molecule has 0 radical (unpaired) electrons. The monoisotopic (exact) mass is 455 g/mol. The molecule has 3 N–H and O–H groups in total. The first-order valence-electron chi connectivity index (χ1n) is 9.49. The van der Waals surface area contributed by atoms with Crippen LogP contribution in [0, 0.1) is 0 Å². The van der Waals surface area contributed by atoms with Crippen LogP contribution in [0.15, 0.2) is 77.7 Å². The van der Waals surface area contributed by atoms with E-state index < -0.39 is 0 Å². The van der Waals surface area contributed by atoms with E-state index in [4.69, 9.17) is 16.3 Å². The molecule has 0 aliphatic carbocycles. The number of methoxy groups -OCH3 is 1. The van der Waals surface area contributed by atoms with Gasteiger partial charge >= 0.3 is 6.03 Å². The van der Waals surface area contributed by atoms with E-state index in [9.17, 15) is 9.59 Å². The SMILES string of the molecule is COc1ccc(Cl)cc1NC(=O)C(C)Sc1ccc(NC(=O)Nc2ccccc2)cc1. The van der Waals surface area contributed by atoms with Gasteiger partial charge < -0.3 is 20.7 Å². The average molecular weight is 456 g/mol. The molecule has 0 bridgehead atoms. The lowest BCUT2D eigenvalue weighted by atomic mass is 10.3. The molecule has 1 unspecified atom stereocenters. The molecule has 0 saturated heterocycles. The second kappa shape index (κ2) is 10.7. The van der Waals surface area contributed by atoms with Crippen molar-refractivity contribution in [2.24, 2.45) is 0 Å². The van der Waals surface area contributed by atoms with E-state index in [0.29, 0.717) is 27.8 Å². The van der Waals surface area contributed by atoms with Crippen LogP contribution in [0.2, 0.25) is 5.02 Å². The van der Waals surface area contributed by atoms with Crippen molar-refractivity contribution in [3.63, 3.8) is 0 Å². The summed E-state index contributed by atoms with van der Waals surface area (Å²) in [5.41, 5.74) is 1.89. The predicted molar refractivity (Wildman–Crippen MR) is 127 cm³/mol. The highest BCUT2D eigenvalue weighted by molar-refractivity contribution is 8.00. The van der Waals surface area contributed by atoms with Crippen molar-refractivity contribution >= 4 is 52.4 Å². The lowest BCUT2D eigenvalue weighted by Gasteiger charge is -2.15. The second-order valence-corrected chi connectivity index (χ2v) is 8.41. The summed E-state index contributed by atoms with van der Waals surface area (Å²) in [5.74, 6) is 0.370. The third-order valence-corrected chi connectivity index (χ3v) is 5.59. The van der Waals surface area contributed by atoms with Crippen LogP contribution in [0.4, 0.5) is 21.9 Å². The average Bonchev–Trinajstić information content (AvgIpc) is 2.76. The number of para-hydroxylation sites is 1. The highest BCUT2D eigenvalue weighted by Crippen LogP contribution is 2.30. The molecule has 31 heavy (non-hydrogen) atoms. The van der Waals surface area contributed by atoms with Gasteiger partial charge in [0.15, 0.2) is 0 Å². The Hall–Kier alpha value is -3.16. The largest absolute Gasteiger partial charge is 0.495 e. The molecule has 8 heteroatoms. The molecular weight excluding hydrogens is 434 g/mol. The van der Waals surface area contributed by atoms with Crippen LogP contribution in [0.5, 0.6) is 5.75 Å². The number of ether oxygens (including phenoxy) is 1. The maximum atomic E-state index is 12.6. The Balaban J connectivity index is 1.54. The number of nitrogens with one attached hydrogen (secondary N) is 3. The molecule has 3 rings (SSSR count). The van der Waals surface area contributed by atoms with Gasteiger partial charge in [0.2, 0.25) is 5.91 Å². The summed E-state index contributed by atoms with van der Waals surface area (Å²) in [7, 11) is 1.53. The highest BCUT2D eigenvalue weighted by Gasteiger charge is 2.17. The molecule has 0 aliphatic rings. The number of halogens is 1. The van der Waals surface area contributed by atoms with Gasteiger partial charge in [-0.15, -0.1) is 11.8 Å². The predicted octanol–water partition coefficient (Wildman–Crippen LogP) is 6.11. The van der Waals surface area contributed by atoms with Crippen molar-refractivity contribution in [3.05, 3.63) is 77.8 Å². The van der Waals surface area contributed by atoms with Crippen LogP contribution in [-0.4, -0.2) is 24.3 Å². The fourth-order valence-corrected chi connectivity index (χ4v) is 3.74. The maximum Gasteiger partial charge on any atom is 0.323 e. The topological polar surface area (TPSA) is 79.5 Å². The number of amides is 3. The molecule has 3 amide bonds. The molecule has 160 valence electrons. The van der Waals surface area contributed by atoms with Crippen molar-refractivity contribution in [2.75, 3.05) is 23.1 Å². The summed E-state index contributed by atoms with van der Waals surface area (Å²) in [4.78, 5) is 25.6. The Bertz CT molecular complexity index is 1050. The lowest BCUT2D eigenvalue weighted by molar-refractivity contribution is -0.115. The van der Waals surface area contributed by atoms with Crippen LogP contribution in [0.25, 0.3) is 0 Å². The van der Waals surface area contributed by atoms with Crippen LogP contribution in [0.3, 0.4) is 0 Å². The first-order valence-corrected chi connectivity index (χ1v) is 10.7. The molecular formula is C23H22ClN3O3S. The van der Waals surface area contributed by atoms with Gasteiger partial charge in [-0.25, -0.2) is 4.79 Å². The van der Waals surface area contributed by atoms with E-state index in [-0.39, 0.29) is 17.2 Å². The zero-order chi connectivity index (χ0) is 22.2. The molecule has 3 aromatic carbocycles. The Kier molecular flexibility index (Phi) is 7.81. The fourth-order valence-electron chi connectivity index (χ4n) is 2.70. The number of thioether (sulfide) groups is 1.